The molecule has 0 aliphatic heterocycles. The average Bonchev–Trinajstić information content (AvgIpc) is 2.41. The normalized spacial score (nSPS) is 9.58. The van der Waals surface area contributed by atoms with Crippen LogP contribution in [0.3, 0.4) is 0 Å². The van der Waals surface area contributed by atoms with Gasteiger partial charge in [-0.2, -0.15) is 0 Å². The predicted molar refractivity (Wildman–Crippen MR) is 79.8 cm³/mol. The summed E-state index contributed by atoms with van der Waals surface area (Å²) in [5.41, 5.74) is 8.00. The number of hydrogen-bond donors (Lipinski definition) is 3. The monoisotopic (exact) mass is 281 g/mol. The summed E-state index contributed by atoms with van der Waals surface area (Å²) in [6.45, 7) is 2.64. The maximum Gasteiger partial charge on any atom is 0.305 e. The molecule has 6 heteroatoms. The van der Waals surface area contributed by atoms with Gasteiger partial charge in [0.05, 0.1) is 12.8 Å². The van der Waals surface area contributed by atoms with Crippen LogP contribution in [0.25, 0.3) is 0 Å². The Morgan fingerprint density at radius 2 is 2.21 bits per heavy atom. The van der Waals surface area contributed by atoms with Crippen molar-refractivity contribution in [3.8, 4) is 0 Å². The minimum Gasteiger partial charge on any atom is -0.469 e. The van der Waals surface area contributed by atoms with E-state index in [-0.39, 0.29) is 5.97 Å². The van der Waals surface area contributed by atoms with Gasteiger partial charge in [0.25, 0.3) is 0 Å². The van der Waals surface area contributed by atoms with Gasteiger partial charge in [0.15, 0.2) is 5.11 Å². The van der Waals surface area contributed by atoms with E-state index in [1.165, 1.54) is 12.7 Å². The molecule has 0 atom stereocenters. The summed E-state index contributed by atoms with van der Waals surface area (Å²) in [4.78, 5) is 10.9. The largest absolute Gasteiger partial charge is 0.469 e. The molecule has 5 nitrogen and oxygen atoms in total. The Hall–Kier alpha value is -1.82. The lowest BCUT2D eigenvalue weighted by atomic mass is 10.2. The fraction of sp³-hybridized carbons (Fsp3) is 0.385. The number of nitrogens with one attached hydrogen (secondary N) is 3. The van der Waals surface area contributed by atoms with Crippen LogP contribution in [-0.4, -0.2) is 24.7 Å². The van der Waals surface area contributed by atoms with Crippen molar-refractivity contribution in [2.45, 2.75) is 19.8 Å². The summed E-state index contributed by atoms with van der Waals surface area (Å²) in [5, 5.41) is 3.49. The van der Waals surface area contributed by atoms with Gasteiger partial charge in [-0.3, -0.25) is 15.6 Å². The number of methoxy groups -OCH3 is 1. The Kier molecular flexibility index (Phi) is 6.67. The fourth-order valence-electron chi connectivity index (χ4n) is 1.43. The molecule has 0 saturated carbocycles. The average molecular weight is 281 g/mol. The van der Waals surface area contributed by atoms with Crippen molar-refractivity contribution >= 4 is 29.0 Å². The van der Waals surface area contributed by atoms with Crippen molar-refractivity contribution in [3.63, 3.8) is 0 Å². The fourth-order valence-corrected chi connectivity index (χ4v) is 1.59. The van der Waals surface area contributed by atoms with Gasteiger partial charge in [0.2, 0.25) is 0 Å². The van der Waals surface area contributed by atoms with Gasteiger partial charge >= 0.3 is 5.97 Å². The van der Waals surface area contributed by atoms with Crippen LogP contribution in [0.2, 0.25) is 0 Å². The molecular weight excluding hydrogens is 262 g/mol. The number of hydrogen-bond acceptors (Lipinski definition) is 4. The molecule has 0 aromatic heterocycles. The molecule has 0 aliphatic rings. The molecule has 0 spiro atoms. The Bertz CT molecular complexity index is 438. The molecule has 0 heterocycles. The molecular formula is C13H19N3O2S. The highest BCUT2D eigenvalue weighted by atomic mass is 32.1. The third-order valence-corrected chi connectivity index (χ3v) is 2.66. The molecule has 3 N–H and O–H groups in total. The molecule has 0 bridgehead atoms. The van der Waals surface area contributed by atoms with Gasteiger partial charge < -0.3 is 10.1 Å². The summed E-state index contributed by atoms with van der Waals surface area (Å²) in [6.07, 6.45) is 1.07. The third kappa shape index (κ3) is 6.61. The Labute approximate surface area is 118 Å². The summed E-state index contributed by atoms with van der Waals surface area (Å²) >= 11 is 5.09. The van der Waals surface area contributed by atoms with E-state index < -0.39 is 0 Å². The maximum absolute atomic E-state index is 10.9. The second kappa shape index (κ2) is 8.31. The predicted octanol–water partition coefficient (Wildman–Crippen LogP) is 1.74. The first-order valence-corrected chi connectivity index (χ1v) is 6.46. The van der Waals surface area contributed by atoms with E-state index in [4.69, 9.17) is 12.2 Å². The van der Waals surface area contributed by atoms with E-state index in [0.717, 1.165) is 5.69 Å². The Morgan fingerprint density at radius 3 is 2.89 bits per heavy atom. The van der Waals surface area contributed by atoms with Crippen LogP contribution in [0.15, 0.2) is 24.3 Å². The molecule has 1 aromatic rings. The number of rotatable bonds is 6. The molecule has 0 saturated heterocycles. The second-order valence-corrected chi connectivity index (χ2v) is 4.46. The molecule has 0 unspecified atom stereocenters. The number of aryl methyl sites for hydroxylation is 1. The van der Waals surface area contributed by atoms with Gasteiger partial charge in [0.1, 0.15) is 0 Å². The molecule has 104 valence electrons. The first kappa shape index (κ1) is 15.2. The number of anilines is 1. The molecule has 0 aliphatic carbocycles. The van der Waals surface area contributed by atoms with Crippen LogP contribution >= 0.6 is 12.2 Å². The summed E-state index contributed by atoms with van der Waals surface area (Å²) in [7, 11) is 1.38. The van der Waals surface area contributed by atoms with E-state index >= 15 is 0 Å². The second-order valence-electron chi connectivity index (χ2n) is 4.06. The Balaban J connectivity index is 2.16. The number of ether oxygens (including phenoxy) is 1. The SMILES string of the molecule is COC(=O)CCCNC(=S)NNc1cccc(C)c1. The van der Waals surface area contributed by atoms with Crippen molar-refractivity contribution < 1.29 is 9.53 Å². The number of esters is 1. The van der Waals surface area contributed by atoms with E-state index in [2.05, 4.69) is 20.9 Å². The van der Waals surface area contributed by atoms with E-state index in [9.17, 15) is 4.79 Å². The number of benzene rings is 1. The minimum atomic E-state index is -0.210. The van der Waals surface area contributed by atoms with Gasteiger partial charge in [-0.15, -0.1) is 0 Å². The number of carbonyl (C=O) groups excluding carboxylic acids is 1. The standard InChI is InChI=1S/C13H19N3O2S/c1-10-5-3-6-11(9-10)15-16-13(19)14-8-4-7-12(17)18-2/h3,5-6,9,15H,4,7-8H2,1-2H3,(H2,14,16,19). The van der Waals surface area contributed by atoms with Crippen molar-refractivity contribution in [1.29, 1.82) is 0 Å². The van der Waals surface area contributed by atoms with Crippen molar-refractivity contribution in [1.82, 2.24) is 10.7 Å². The highest BCUT2D eigenvalue weighted by molar-refractivity contribution is 7.80. The van der Waals surface area contributed by atoms with E-state index in [1.807, 2.05) is 31.2 Å². The van der Waals surface area contributed by atoms with Gasteiger partial charge in [-0.05, 0) is 43.3 Å². The van der Waals surface area contributed by atoms with Crippen LogP contribution in [-0.2, 0) is 9.53 Å². The third-order valence-electron chi connectivity index (χ3n) is 2.41. The zero-order valence-electron chi connectivity index (χ0n) is 11.2. The van der Waals surface area contributed by atoms with Gasteiger partial charge in [-0.25, -0.2) is 0 Å². The maximum atomic E-state index is 10.9. The van der Waals surface area contributed by atoms with E-state index in [0.29, 0.717) is 24.5 Å². The summed E-state index contributed by atoms with van der Waals surface area (Å²) in [6, 6.07) is 7.94. The van der Waals surface area contributed by atoms with Crippen LogP contribution in [0.4, 0.5) is 5.69 Å². The lowest BCUT2D eigenvalue weighted by Gasteiger charge is -2.12. The number of hydrazine groups is 1. The van der Waals surface area contributed by atoms with Crippen LogP contribution in [0.1, 0.15) is 18.4 Å². The molecule has 0 fully saturated rings. The minimum absolute atomic E-state index is 0.210. The number of carbonyl (C=O) groups is 1. The highest BCUT2D eigenvalue weighted by Crippen LogP contribution is 2.07. The molecule has 1 aromatic carbocycles. The van der Waals surface area contributed by atoms with Crippen LogP contribution in [0, 0.1) is 6.92 Å². The van der Waals surface area contributed by atoms with Crippen molar-refractivity contribution in [2.24, 2.45) is 0 Å². The zero-order valence-corrected chi connectivity index (χ0v) is 12.0. The number of thiocarbonyl (C=S) groups is 1. The zero-order chi connectivity index (χ0) is 14.1. The molecule has 19 heavy (non-hydrogen) atoms. The molecule has 1 rings (SSSR count). The van der Waals surface area contributed by atoms with E-state index in [1.54, 1.807) is 0 Å². The Morgan fingerprint density at radius 1 is 1.42 bits per heavy atom. The summed E-state index contributed by atoms with van der Waals surface area (Å²) in [5.74, 6) is -0.210. The van der Waals surface area contributed by atoms with Crippen molar-refractivity contribution in [2.75, 3.05) is 19.1 Å². The van der Waals surface area contributed by atoms with Gasteiger partial charge in [-0.1, -0.05) is 12.1 Å². The summed E-state index contributed by atoms with van der Waals surface area (Å²) < 4.78 is 4.55. The first-order valence-electron chi connectivity index (χ1n) is 6.05. The molecule has 0 radical (unpaired) electrons. The van der Waals surface area contributed by atoms with Crippen molar-refractivity contribution in [3.05, 3.63) is 29.8 Å². The van der Waals surface area contributed by atoms with Gasteiger partial charge in [0, 0.05) is 13.0 Å². The first-order chi connectivity index (χ1) is 9.11. The lowest BCUT2D eigenvalue weighted by molar-refractivity contribution is -0.140. The van der Waals surface area contributed by atoms with Crippen LogP contribution < -0.4 is 16.2 Å². The highest BCUT2D eigenvalue weighted by Gasteiger charge is 2.00. The lowest BCUT2D eigenvalue weighted by Crippen LogP contribution is -2.39. The van der Waals surface area contributed by atoms with Crippen LogP contribution in [0.5, 0.6) is 0 Å². The quantitative estimate of drug-likeness (QED) is 0.319. The molecule has 0 amide bonds. The smallest absolute Gasteiger partial charge is 0.305 e. The topological polar surface area (TPSA) is 62.4 Å².